The first kappa shape index (κ1) is 14.4. The highest BCUT2D eigenvalue weighted by Crippen LogP contribution is 2.12. The van der Waals surface area contributed by atoms with Gasteiger partial charge in [0.25, 0.3) is 0 Å². The lowest BCUT2D eigenvalue weighted by Gasteiger charge is -2.08. The first-order valence-electron chi connectivity index (χ1n) is 6.81. The fourth-order valence-corrected chi connectivity index (χ4v) is 2.02. The molecule has 2 N–H and O–H groups in total. The van der Waals surface area contributed by atoms with E-state index < -0.39 is 0 Å². The molecule has 1 aromatic heterocycles. The van der Waals surface area contributed by atoms with Gasteiger partial charge >= 0.3 is 5.69 Å². The average Bonchev–Trinajstić information content (AvgIpc) is 2.81. The fourth-order valence-electron chi connectivity index (χ4n) is 2.02. The minimum Gasteiger partial charge on any atom is -0.492 e. The Morgan fingerprint density at radius 2 is 2.10 bits per heavy atom. The van der Waals surface area contributed by atoms with Crippen molar-refractivity contribution in [2.75, 3.05) is 6.61 Å². The Kier molecular flexibility index (Phi) is 4.63. The van der Waals surface area contributed by atoms with E-state index in [2.05, 4.69) is 0 Å². The summed E-state index contributed by atoms with van der Waals surface area (Å²) in [5.41, 5.74) is 6.62. The number of rotatable bonds is 6. The maximum atomic E-state index is 12.0. The van der Waals surface area contributed by atoms with Crippen LogP contribution >= 0.6 is 0 Å². The number of ether oxygens (including phenoxy) is 1. The molecular weight excluding hydrogens is 254 g/mol. The molecule has 0 fully saturated rings. The second-order valence-corrected chi connectivity index (χ2v) is 4.98. The molecule has 20 heavy (non-hydrogen) atoms. The largest absolute Gasteiger partial charge is 0.492 e. The minimum atomic E-state index is -0.000640. The lowest BCUT2D eigenvalue weighted by molar-refractivity contribution is 0.295. The van der Waals surface area contributed by atoms with Crippen molar-refractivity contribution in [2.45, 2.75) is 33.0 Å². The van der Waals surface area contributed by atoms with Gasteiger partial charge in [0, 0.05) is 25.0 Å². The predicted molar refractivity (Wildman–Crippen MR) is 78.9 cm³/mol. The highest BCUT2D eigenvalue weighted by atomic mass is 16.5. The number of hydrogen-bond donors (Lipinski definition) is 1. The minimum absolute atomic E-state index is 0.000640. The van der Waals surface area contributed by atoms with E-state index in [4.69, 9.17) is 10.5 Å². The number of hydrogen-bond acceptors (Lipinski definition) is 3. The summed E-state index contributed by atoms with van der Waals surface area (Å²) in [6.07, 6.45) is 3.60. The molecule has 0 amide bonds. The van der Waals surface area contributed by atoms with Crippen molar-refractivity contribution in [3.63, 3.8) is 0 Å². The second-order valence-electron chi connectivity index (χ2n) is 4.98. The standard InChI is InChI=1S/C15H21N3O2/c1-12(2)18-7-6-17(15(18)19)8-9-20-14-5-3-4-13(10-14)11-16/h3-7,10,12H,8-9,11,16H2,1-2H3. The Morgan fingerprint density at radius 1 is 1.30 bits per heavy atom. The zero-order valence-electron chi connectivity index (χ0n) is 12.0. The van der Waals surface area contributed by atoms with Crippen LogP contribution in [0.1, 0.15) is 25.5 Å². The second kappa shape index (κ2) is 6.43. The van der Waals surface area contributed by atoms with Crippen LogP contribution in [0.3, 0.4) is 0 Å². The van der Waals surface area contributed by atoms with Gasteiger partial charge in [-0.1, -0.05) is 12.1 Å². The third kappa shape index (κ3) is 3.30. The fraction of sp³-hybridized carbons (Fsp3) is 0.400. The van der Waals surface area contributed by atoms with Crippen molar-refractivity contribution in [2.24, 2.45) is 5.73 Å². The molecule has 1 aromatic carbocycles. The Hall–Kier alpha value is -2.01. The maximum Gasteiger partial charge on any atom is 0.328 e. The molecule has 0 saturated heterocycles. The van der Waals surface area contributed by atoms with Gasteiger partial charge in [0.1, 0.15) is 12.4 Å². The summed E-state index contributed by atoms with van der Waals surface area (Å²) < 4.78 is 9.02. The van der Waals surface area contributed by atoms with Crippen LogP contribution in [0, 0.1) is 0 Å². The number of nitrogens with two attached hydrogens (primary N) is 1. The lowest BCUT2D eigenvalue weighted by Crippen LogP contribution is -2.26. The molecule has 0 spiro atoms. The highest BCUT2D eigenvalue weighted by Gasteiger charge is 2.05. The summed E-state index contributed by atoms with van der Waals surface area (Å²) in [5.74, 6) is 0.782. The van der Waals surface area contributed by atoms with Crippen molar-refractivity contribution in [1.82, 2.24) is 9.13 Å². The summed E-state index contributed by atoms with van der Waals surface area (Å²) in [5, 5.41) is 0. The van der Waals surface area contributed by atoms with Crippen LogP contribution in [0.2, 0.25) is 0 Å². The van der Waals surface area contributed by atoms with Crippen molar-refractivity contribution in [3.8, 4) is 5.75 Å². The van der Waals surface area contributed by atoms with Gasteiger partial charge < -0.3 is 10.5 Å². The molecule has 5 heteroatoms. The molecule has 0 atom stereocenters. The van der Waals surface area contributed by atoms with Gasteiger partial charge in [0.2, 0.25) is 0 Å². The molecule has 2 aromatic rings. The third-order valence-corrected chi connectivity index (χ3v) is 3.17. The number of benzene rings is 1. The number of nitrogens with zero attached hydrogens (tertiary/aromatic N) is 2. The zero-order chi connectivity index (χ0) is 14.5. The first-order chi connectivity index (χ1) is 9.61. The van der Waals surface area contributed by atoms with E-state index in [0.717, 1.165) is 11.3 Å². The Morgan fingerprint density at radius 3 is 2.75 bits per heavy atom. The zero-order valence-corrected chi connectivity index (χ0v) is 12.0. The monoisotopic (exact) mass is 275 g/mol. The van der Waals surface area contributed by atoms with Crippen LogP contribution in [0.4, 0.5) is 0 Å². The maximum absolute atomic E-state index is 12.0. The third-order valence-electron chi connectivity index (χ3n) is 3.17. The quantitative estimate of drug-likeness (QED) is 0.874. The summed E-state index contributed by atoms with van der Waals surface area (Å²) in [6.45, 7) is 5.45. The van der Waals surface area contributed by atoms with E-state index in [-0.39, 0.29) is 11.7 Å². The molecule has 0 radical (unpaired) electrons. The summed E-state index contributed by atoms with van der Waals surface area (Å²) in [7, 11) is 0. The predicted octanol–water partition coefficient (Wildman–Crippen LogP) is 1.77. The first-order valence-corrected chi connectivity index (χ1v) is 6.81. The van der Waals surface area contributed by atoms with E-state index in [1.54, 1.807) is 15.3 Å². The van der Waals surface area contributed by atoms with E-state index in [0.29, 0.717) is 19.7 Å². The molecule has 0 bridgehead atoms. The smallest absolute Gasteiger partial charge is 0.328 e. The Labute approximate surface area is 118 Å². The van der Waals surface area contributed by atoms with Crippen LogP contribution in [0.25, 0.3) is 0 Å². The van der Waals surface area contributed by atoms with Gasteiger partial charge in [-0.15, -0.1) is 0 Å². The van der Waals surface area contributed by atoms with Gasteiger partial charge in [-0.05, 0) is 31.5 Å². The molecule has 0 aliphatic carbocycles. The van der Waals surface area contributed by atoms with Crippen molar-refractivity contribution in [3.05, 3.63) is 52.7 Å². The molecule has 0 unspecified atom stereocenters. The van der Waals surface area contributed by atoms with Crippen molar-refractivity contribution >= 4 is 0 Å². The van der Waals surface area contributed by atoms with Crippen LogP contribution in [-0.4, -0.2) is 15.7 Å². The van der Waals surface area contributed by atoms with Crippen LogP contribution in [0.15, 0.2) is 41.5 Å². The average molecular weight is 275 g/mol. The van der Waals surface area contributed by atoms with Gasteiger partial charge in [-0.25, -0.2) is 4.79 Å². The molecule has 2 rings (SSSR count). The van der Waals surface area contributed by atoms with Gasteiger partial charge in [0.05, 0.1) is 6.54 Å². The van der Waals surface area contributed by atoms with Crippen LogP contribution in [0.5, 0.6) is 5.75 Å². The van der Waals surface area contributed by atoms with Crippen molar-refractivity contribution < 1.29 is 4.74 Å². The Bertz CT molecular complexity index is 614. The van der Waals surface area contributed by atoms with Gasteiger partial charge in [-0.3, -0.25) is 9.13 Å². The normalized spacial score (nSPS) is 11.0. The van der Waals surface area contributed by atoms with E-state index >= 15 is 0 Å². The van der Waals surface area contributed by atoms with E-state index in [9.17, 15) is 4.79 Å². The molecule has 0 saturated carbocycles. The van der Waals surface area contributed by atoms with Gasteiger partial charge in [-0.2, -0.15) is 0 Å². The molecule has 0 aliphatic heterocycles. The Balaban J connectivity index is 1.94. The topological polar surface area (TPSA) is 62.2 Å². The molecule has 5 nitrogen and oxygen atoms in total. The van der Waals surface area contributed by atoms with Crippen molar-refractivity contribution in [1.29, 1.82) is 0 Å². The number of aromatic nitrogens is 2. The van der Waals surface area contributed by atoms with E-state index in [1.165, 1.54) is 0 Å². The summed E-state index contributed by atoms with van der Waals surface area (Å²) >= 11 is 0. The van der Waals surface area contributed by atoms with Crippen LogP contribution in [-0.2, 0) is 13.1 Å². The molecular formula is C15H21N3O2. The number of imidazole rings is 1. The molecule has 0 aliphatic rings. The lowest BCUT2D eigenvalue weighted by atomic mass is 10.2. The van der Waals surface area contributed by atoms with E-state index in [1.807, 2.05) is 44.3 Å². The SMILES string of the molecule is CC(C)n1ccn(CCOc2cccc(CN)c2)c1=O. The molecule has 108 valence electrons. The summed E-state index contributed by atoms with van der Waals surface area (Å²) in [6, 6.07) is 7.85. The molecule has 1 heterocycles. The highest BCUT2D eigenvalue weighted by molar-refractivity contribution is 5.28. The van der Waals surface area contributed by atoms with Crippen LogP contribution < -0.4 is 16.2 Å². The summed E-state index contributed by atoms with van der Waals surface area (Å²) in [4.78, 5) is 12.0. The van der Waals surface area contributed by atoms with Gasteiger partial charge in [0.15, 0.2) is 0 Å².